The van der Waals surface area contributed by atoms with Crippen LogP contribution in [0.1, 0.15) is 88.5 Å². The van der Waals surface area contributed by atoms with Gasteiger partial charge in [-0.25, -0.2) is 0 Å². The number of benzene rings is 6. The van der Waals surface area contributed by atoms with Gasteiger partial charge in [0.1, 0.15) is 22.7 Å². The van der Waals surface area contributed by atoms with Crippen molar-refractivity contribution in [3.05, 3.63) is 150 Å². The Balaban J connectivity index is 0.948. The standard InChI is InChI=1S/C54H49NO2/c1-51(2)24-25-52(3,4)50-41(51)12-9-13-43(50)55(37-21-22-39-38-10-5-7-14-44(38)56-47(39)30-37)36-19-16-33(17-20-36)34-18-23-46-42(28-34)54(40-11-6-8-15-45(40)57-46)48-27-32-26-35-29-49(54)53(35,48)31-32/h5-23,28,30,32,35,48-49H,24-27,29,31H2,1-4H3. The molecule has 0 saturated heterocycles. The Labute approximate surface area is 335 Å². The molecule has 282 valence electrons. The minimum atomic E-state index is 0.0300. The lowest BCUT2D eigenvalue weighted by atomic mass is 9.26. The number of hydrogen-bond donors (Lipinski definition) is 0. The van der Waals surface area contributed by atoms with Crippen LogP contribution in [-0.2, 0) is 16.2 Å². The van der Waals surface area contributed by atoms with Gasteiger partial charge in [-0.2, -0.15) is 0 Å². The van der Waals surface area contributed by atoms with Crippen molar-refractivity contribution in [3.63, 3.8) is 0 Å². The Bertz CT molecular complexity index is 2840. The highest BCUT2D eigenvalue weighted by atomic mass is 16.5. The largest absolute Gasteiger partial charge is 0.457 e. The molecular formula is C54H49NO2. The van der Waals surface area contributed by atoms with Crippen molar-refractivity contribution in [1.82, 2.24) is 0 Å². The van der Waals surface area contributed by atoms with E-state index in [4.69, 9.17) is 9.15 Å². The van der Waals surface area contributed by atoms with Crippen molar-refractivity contribution >= 4 is 39.0 Å². The van der Waals surface area contributed by atoms with Crippen molar-refractivity contribution < 1.29 is 9.15 Å². The van der Waals surface area contributed by atoms with Gasteiger partial charge in [0.2, 0.25) is 0 Å². The molecule has 3 nitrogen and oxygen atoms in total. The summed E-state index contributed by atoms with van der Waals surface area (Å²) in [6.07, 6.45) is 8.03. The summed E-state index contributed by atoms with van der Waals surface area (Å²) in [5, 5.41) is 2.31. The van der Waals surface area contributed by atoms with Gasteiger partial charge in [0.15, 0.2) is 0 Å². The van der Waals surface area contributed by atoms with E-state index in [2.05, 4.69) is 160 Å². The average molecular weight is 744 g/mol. The highest BCUT2D eigenvalue weighted by molar-refractivity contribution is 6.06. The molecule has 6 aliphatic rings. The summed E-state index contributed by atoms with van der Waals surface area (Å²) in [6.45, 7) is 9.70. The van der Waals surface area contributed by atoms with Crippen molar-refractivity contribution in [2.24, 2.45) is 29.1 Å². The average Bonchev–Trinajstić information content (AvgIpc) is 3.89. The molecule has 0 radical (unpaired) electrons. The van der Waals surface area contributed by atoms with Gasteiger partial charge in [0, 0.05) is 44.8 Å². The zero-order valence-corrected chi connectivity index (χ0v) is 33.4. The van der Waals surface area contributed by atoms with E-state index in [1.807, 2.05) is 0 Å². The second kappa shape index (κ2) is 10.8. The zero-order chi connectivity index (χ0) is 38.1. The first-order valence-corrected chi connectivity index (χ1v) is 21.5. The van der Waals surface area contributed by atoms with E-state index in [1.54, 1.807) is 0 Å². The Hall–Kier alpha value is -5.28. The van der Waals surface area contributed by atoms with Crippen LogP contribution in [0.5, 0.6) is 11.5 Å². The molecule has 5 aliphatic carbocycles. The van der Waals surface area contributed by atoms with Gasteiger partial charge >= 0.3 is 0 Å². The molecule has 0 amide bonds. The van der Waals surface area contributed by atoms with Crippen LogP contribution in [0, 0.1) is 29.1 Å². The minimum Gasteiger partial charge on any atom is -0.457 e. The van der Waals surface area contributed by atoms with Crippen molar-refractivity contribution in [2.75, 3.05) is 4.90 Å². The molecule has 3 heteroatoms. The summed E-state index contributed by atoms with van der Waals surface area (Å²) in [6, 6.07) is 47.6. The molecule has 6 unspecified atom stereocenters. The molecule has 2 bridgehead atoms. The topological polar surface area (TPSA) is 25.6 Å². The number of anilines is 3. The van der Waals surface area contributed by atoms with E-state index in [0.717, 1.165) is 74.9 Å². The second-order valence-corrected chi connectivity index (χ2v) is 20.0. The first-order chi connectivity index (χ1) is 27.7. The fraction of sp³-hybridized carbons (Fsp3) is 0.333. The van der Waals surface area contributed by atoms with Gasteiger partial charge in [-0.15, -0.1) is 0 Å². The van der Waals surface area contributed by atoms with Gasteiger partial charge in [-0.05, 0) is 155 Å². The Morgan fingerprint density at radius 1 is 0.561 bits per heavy atom. The van der Waals surface area contributed by atoms with Crippen molar-refractivity contribution in [1.29, 1.82) is 0 Å². The molecule has 1 aliphatic heterocycles. The van der Waals surface area contributed by atoms with Crippen LogP contribution in [0.3, 0.4) is 0 Å². The van der Waals surface area contributed by atoms with Crippen LogP contribution in [0.15, 0.2) is 132 Å². The molecule has 4 fully saturated rings. The summed E-state index contributed by atoms with van der Waals surface area (Å²) in [7, 11) is 0. The first kappa shape index (κ1) is 32.8. The molecular weight excluding hydrogens is 695 g/mol. The van der Waals surface area contributed by atoms with Crippen LogP contribution in [0.25, 0.3) is 33.1 Å². The lowest BCUT2D eigenvalue weighted by Crippen LogP contribution is -2.74. The van der Waals surface area contributed by atoms with Crippen LogP contribution in [-0.4, -0.2) is 0 Å². The Morgan fingerprint density at radius 2 is 1.28 bits per heavy atom. The smallest absolute Gasteiger partial charge is 0.137 e. The van der Waals surface area contributed by atoms with Gasteiger partial charge in [-0.3, -0.25) is 0 Å². The molecule has 2 spiro atoms. The summed E-state index contributed by atoms with van der Waals surface area (Å²) in [5.74, 6) is 5.49. The van der Waals surface area contributed by atoms with Crippen molar-refractivity contribution in [3.8, 4) is 22.6 Å². The van der Waals surface area contributed by atoms with Gasteiger partial charge in [0.25, 0.3) is 0 Å². The third kappa shape index (κ3) is 4.04. The molecule has 6 atom stereocenters. The molecule has 2 heterocycles. The van der Waals surface area contributed by atoms with E-state index < -0.39 is 0 Å². The maximum atomic E-state index is 6.75. The summed E-state index contributed by atoms with van der Waals surface area (Å²) in [4.78, 5) is 2.49. The molecule has 0 N–H and O–H groups in total. The monoisotopic (exact) mass is 743 g/mol. The Morgan fingerprint density at radius 3 is 2.16 bits per heavy atom. The SMILES string of the molecule is CC1(C)CCC(C)(C)c2c(N(c3ccc(-c4ccc5c(c4)C4(c6ccccc6O5)C5CC6CC7CC4C75C6)cc3)c3ccc4c(c3)oc3ccccc34)cccc21. The van der Waals surface area contributed by atoms with E-state index in [-0.39, 0.29) is 16.2 Å². The molecule has 1 aromatic heterocycles. The minimum absolute atomic E-state index is 0.0300. The maximum absolute atomic E-state index is 6.75. The number of fused-ring (bicyclic) bond motifs is 11. The number of ether oxygens (including phenoxy) is 1. The van der Waals surface area contributed by atoms with E-state index in [9.17, 15) is 0 Å². The van der Waals surface area contributed by atoms with Gasteiger partial charge in [-0.1, -0.05) is 94.4 Å². The lowest BCUT2D eigenvalue weighted by molar-refractivity contribution is -0.235. The van der Waals surface area contributed by atoms with Crippen LogP contribution >= 0.6 is 0 Å². The number of rotatable bonds is 4. The summed E-state index contributed by atoms with van der Waals surface area (Å²) in [5.41, 5.74) is 14.5. The normalized spacial score (nSPS) is 28.8. The predicted molar refractivity (Wildman–Crippen MR) is 231 cm³/mol. The molecule has 6 aromatic carbocycles. The van der Waals surface area contributed by atoms with Crippen LogP contribution in [0.2, 0.25) is 0 Å². The fourth-order valence-electron chi connectivity index (χ4n) is 14.2. The lowest BCUT2D eigenvalue weighted by Gasteiger charge is -2.77. The molecule has 7 aromatic rings. The van der Waals surface area contributed by atoms with Crippen molar-refractivity contribution in [2.45, 2.75) is 82.5 Å². The van der Waals surface area contributed by atoms with Crippen LogP contribution < -0.4 is 9.64 Å². The summed E-state index contributed by atoms with van der Waals surface area (Å²) >= 11 is 0. The molecule has 57 heavy (non-hydrogen) atoms. The maximum Gasteiger partial charge on any atom is 0.137 e. The highest BCUT2D eigenvalue weighted by Gasteiger charge is 2.84. The number of para-hydroxylation sites is 2. The molecule has 13 rings (SSSR count). The quantitative estimate of drug-likeness (QED) is 0.180. The predicted octanol–water partition coefficient (Wildman–Crippen LogP) is 14.5. The van der Waals surface area contributed by atoms with Crippen LogP contribution in [0.4, 0.5) is 17.1 Å². The number of nitrogens with zero attached hydrogens (tertiary/aromatic N) is 1. The second-order valence-electron chi connectivity index (χ2n) is 20.0. The Kier molecular flexibility index (Phi) is 6.21. The summed E-state index contributed by atoms with van der Waals surface area (Å²) < 4.78 is 13.2. The van der Waals surface area contributed by atoms with Gasteiger partial charge < -0.3 is 14.1 Å². The highest BCUT2D eigenvalue weighted by Crippen LogP contribution is 2.89. The van der Waals surface area contributed by atoms with E-state index in [0.29, 0.717) is 5.41 Å². The van der Waals surface area contributed by atoms with Gasteiger partial charge in [0.05, 0.1) is 5.69 Å². The third-order valence-corrected chi connectivity index (χ3v) is 16.6. The molecule has 4 saturated carbocycles. The van der Waals surface area contributed by atoms with E-state index in [1.165, 1.54) is 71.2 Å². The third-order valence-electron chi connectivity index (χ3n) is 16.6. The zero-order valence-electron chi connectivity index (χ0n) is 33.4. The fourth-order valence-corrected chi connectivity index (χ4v) is 14.2. The van der Waals surface area contributed by atoms with E-state index >= 15 is 0 Å². The first-order valence-electron chi connectivity index (χ1n) is 21.5. The number of hydrogen-bond acceptors (Lipinski definition) is 3. The number of furan rings is 1.